The molecule has 2 heterocycles. The van der Waals surface area contributed by atoms with Crippen molar-refractivity contribution in [3.8, 4) is 17.1 Å². The molecule has 2 atom stereocenters. The minimum absolute atomic E-state index is 0.279. The molecule has 5 heteroatoms. The Labute approximate surface area is 161 Å². The van der Waals surface area contributed by atoms with Crippen LogP contribution < -0.4 is 0 Å². The molecule has 4 nitrogen and oxygen atoms in total. The summed E-state index contributed by atoms with van der Waals surface area (Å²) in [6.07, 6.45) is 2.27. The lowest BCUT2D eigenvalue weighted by atomic mass is 10.0. The molecule has 2 fully saturated rings. The van der Waals surface area contributed by atoms with Crippen molar-refractivity contribution in [3.63, 3.8) is 0 Å². The number of nitrogens with zero attached hydrogens (tertiary/aromatic N) is 3. The van der Waals surface area contributed by atoms with Crippen LogP contribution in [-0.4, -0.2) is 28.0 Å². The van der Waals surface area contributed by atoms with E-state index in [-0.39, 0.29) is 5.41 Å². The molecule has 1 aromatic heterocycles. The maximum Gasteiger partial charge on any atom is 0.181 e. The van der Waals surface area contributed by atoms with E-state index in [0.29, 0.717) is 5.92 Å². The highest BCUT2D eigenvalue weighted by Crippen LogP contribution is 2.63. The van der Waals surface area contributed by atoms with E-state index in [1.807, 2.05) is 16.8 Å². The molecule has 0 bridgehead atoms. The van der Waals surface area contributed by atoms with E-state index >= 15 is 0 Å². The minimum Gasteiger partial charge on any atom is -0.381 e. The number of ether oxygens (including phenoxy) is 1. The quantitative estimate of drug-likeness (QED) is 0.617. The SMILES string of the molecule is Cc1ccc(-c2nc(C3CC34CCOC4)n(-c3cccc(Br)c3)n2)cc1. The van der Waals surface area contributed by atoms with Gasteiger partial charge in [0.2, 0.25) is 0 Å². The van der Waals surface area contributed by atoms with Crippen molar-refractivity contribution in [2.75, 3.05) is 13.2 Å². The summed E-state index contributed by atoms with van der Waals surface area (Å²) in [6.45, 7) is 3.81. The molecule has 2 aliphatic rings. The van der Waals surface area contributed by atoms with Gasteiger partial charge in [-0.25, -0.2) is 9.67 Å². The Morgan fingerprint density at radius 3 is 2.77 bits per heavy atom. The van der Waals surface area contributed by atoms with Gasteiger partial charge >= 0.3 is 0 Å². The molecule has 5 rings (SSSR count). The number of aryl methyl sites for hydroxylation is 1. The van der Waals surface area contributed by atoms with Gasteiger partial charge in [0.05, 0.1) is 12.3 Å². The van der Waals surface area contributed by atoms with Crippen molar-refractivity contribution in [1.29, 1.82) is 0 Å². The summed E-state index contributed by atoms with van der Waals surface area (Å²) in [6, 6.07) is 16.7. The van der Waals surface area contributed by atoms with E-state index in [0.717, 1.165) is 53.4 Å². The summed E-state index contributed by atoms with van der Waals surface area (Å²) in [5, 5.41) is 4.88. The third-order valence-electron chi connectivity index (χ3n) is 5.63. The zero-order valence-corrected chi connectivity index (χ0v) is 16.2. The summed E-state index contributed by atoms with van der Waals surface area (Å²) in [7, 11) is 0. The van der Waals surface area contributed by atoms with Gasteiger partial charge in [0, 0.05) is 28.0 Å². The van der Waals surface area contributed by atoms with Crippen LogP contribution in [0.15, 0.2) is 53.0 Å². The van der Waals surface area contributed by atoms with Crippen molar-refractivity contribution in [3.05, 3.63) is 64.4 Å². The smallest absolute Gasteiger partial charge is 0.181 e. The fraction of sp³-hybridized carbons (Fsp3) is 0.333. The second-order valence-electron chi connectivity index (χ2n) is 7.47. The standard InChI is InChI=1S/C21H20BrN3O/c1-14-5-7-15(8-6-14)19-23-20(18-12-21(18)9-10-26-13-21)25(24-19)17-4-2-3-16(22)11-17/h2-8,11,18H,9-10,12-13H2,1H3. The van der Waals surface area contributed by atoms with E-state index < -0.39 is 0 Å². The normalized spacial score (nSPS) is 24.3. The van der Waals surface area contributed by atoms with Crippen LogP contribution in [0.3, 0.4) is 0 Å². The highest BCUT2D eigenvalue weighted by atomic mass is 79.9. The molecule has 2 unspecified atom stereocenters. The lowest BCUT2D eigenvalue weighted by Crippen LogP contribution is -2.08. The number of rotatable bonds is 3. The molecule has 26 heavy (non-hydrogen) atoms. The summed E-state index contributed by atoms with van der Waals surface area (Å²) < 4.78 is 8.75. The van der Waals surface area contributed by atoms with E-state index in [1.165, 1.54) is 5.56 Å². The number of aromatic nitrogens is 3. The van der Waals surface area contributed by atoms with Gasteiger partial charge in [-0.2, -0.15) is 0 Å². The largest absolute Gasteiger partial charge is 0.381 e. The number of halogens is 1. The monoisotopic (exact) mass is 409 g/mol. The van der Waals surface area contributed by atoms with Crippen LogP contribution in [0.2, 0.25) is 0 Å². The van der Waals surface area contributed by atoms with Crippen molar-refractivity contribution >= 4 is 15.9 Å². The Bertz CT molecular complexity index is 958. The van der Waals surface area contributed by atoms with Gasteiger partial charge in [-0.3, -0.25) is 0 Å². The summed E-state index contributed by atoms with van der Waals surface area (Å²) >= 11 is 3.57. The fourth-order valence-corrected chi connectivity index (χ4v) is 4.33. The van der Waals surface area contributed by atoms with Crippen molar-refractivity contribution < 1.29 is 4.74 Å². The van der Waals surface area contributed by atoms with Crippen LogP contribution in [0.25, 0.3) is 17.1 Å². The Morgan fingerprint density at radius 1 is 1.19 bits per heavy atom. The molecule has 0 N–H and O–H groups in total. The lowest BCUT2D eigenvalue weighted by molar-refractivity contribution is 0.181. The fourth-order valence-electron chi connectivity index (χ4n) is 3.94. The Hall–Kier alpha value is -1.98. The van der Waals surface area contributed by atoms with Crippen LogP contribution in [0.5, 0.6) is 0 Å². The average Bonchev–Trinajstić information content (AvgIpc) is 2.98. The zero-order chi connectivity index (χ0) is 17.7. The van der Waals surface area contributed by atoms with Crippen LogP contribution in [0.4, 0.5) is 0 Å². The van der Waals surface area contributed by atoms with Crippen LogP contribution in [-0.2, 0) is 4.74 Å². The highest BCUT2D eigenvalue weighted by molar-refractivity contribution is 9.10. The first kappa shape index (κ1) is 16.2. The average molecular weight is 410 g/mol. The molecule has 0 radical (unpaired) electrons. The summed E-state index contributed by atoms with van der Waals surface area (Å²) in [5.41, 5.74) is 3.62. The number of hydrogen-bond acceptors (Lipinski definition) is 3. The molecule has 1 saturated carbocycles. The second-order valence-corrected chi connectivity index (χ2v) is 8.39. The van der Waals surface area contributed by atoms with Crippen LogP contribution in [0.1, 0.15) is 30.1 Å². The Morgan fingerprint density at radius 2 is 2.04 bits per heavy atom. The Kier molecular flexibility index (Phi) is 3.76. The van der Waals surface area contributed by atoms with E-state index in [2.05, 4.69) is 59.3 Å². The van der Waals surface area contributed by atoms with E-state index in [9.17, 15) is 0 Å². The summed E-state index contributed by atoms with van der Waals surface area (Å²) in [4.78, 5) is 4.98. The maximum atomic E-state index is 5.68. The third-order valence-corrected chi connectivity index (χ3v) is 6.12. The molecule has 1 spiro atoms. The zero-order valence-electron chi connectivity index (χ0n) is 14.7. The topological polar surface area (TPSA) is 39.9 Å². The molecule has 132 valence electrons. The third kappa shape index (κ3) is 2.70. The van der Waals surface area contributed by atoms with Gasteiger partial charge in [0.1, 0.15) is 5.82 Å². The first-order valence-corrected chi connectivity index (χ1v) is 9.82. The van der Waals surface area contributed by atoms with Gasteiger partial charge < -0.3 is 4.74 Å². The van der Waals surface area contributed by atoms with Gasteiger partial charge in [-0.05, 0) is 38.0 Å². The van der Waals surface area contributed by atoms with Crippen molar-refractivity contribution in [2.24, 2.45) is 5.41 Å². The molecular formula is C21H20BrN3O. The van der Waals surface area contributed by atoms with Gasteiger partial charge in [0.15, 0.2) is 5.82 Å². The van der Waals surface area contributed by atoms with Crippen molar-refractivity contribution in [1.82, 2.24) is 14.8 Å². The van der Waals surface area contributed by atoms with Gasteiger partial charge in [-0.15, -0.1) is 5.10 Å². The summed E-state index contributed by atoms with van der Waals surface area (Å²) in [5.74, 6) is 2.28. The number of hydrogen-bond donors (Lipinski definition) is 0. The molecule has 1 aliphatic carbocycles. The first-order chi connectivity index (χ1) is 12.6. The van der Waals surface area contributed by atoms with Gasteiger partial charge in [0.25, 0.3) is 0 Å². The molecule has 0 amide bonds. The van der Waals surface area contributed by atoms with Gasteiger partial charge in [-0.1, -0.05) is 51.8 Å². The molecule has 3 aromatic rings. The molecule has 1 aliphatic heterocycles. The Balaban J connectivity index is 1.61. The van der Waals surface area contributed by atoms with Crippen molar-refractivity contribution in [2.45, 2.75) is 25.7 Å². The highest BCUT2D eigenvalue weighted by Gasteiger charge is 2.59. The molecule has 1 saturated heterocycles. The molecular weight excluding hydrogens is 390 g/mol. The lowest BCUT2D eigenvalue weighted by Gasteiger charge is -2.08. The predicted octanol–water partition coefficient (Wildman–Crippen LogP) is 4.90. The second kappa shape index (κ2) is 6.03. The minimum atomic E-state index is 0.279. The van der Waals surface area contributed by atoms with Crippen LogP contribution in [0, 0.1) is 12.3 Å². The maximum absolute atomic E-state index is 5.68. The van der Waals surface area contributed by atoms with Crippen LogP contribution >= 0.6 is 15.9 Å². The van der Waals surface area contributed by atoms with E-state index in [4.69, 9.17) is 14.8 Å². The predicted molar refractivity (Wildman–Crippen MR) is 104 cm³/mol. The van der Waals surface area contributed by atoms with E-state index in [1.54, 1.807) is 0 Å². The molecule has 2 aromatic carbocycles. The number of benzene rings is 2. The first-order valence-electron chi connectivity index (χ1n) is 9.02.